The van der Waals surface area contributed by atoms with E-state index < -0.39 is 15.8 Å². The molecule has 138 valence electrons. The van der Waals surface area contributed by atoms with Gasteiger partial charge in [-0.3, -0.25) is 9.52 Å². The van der Waals surface area contributed by atoms with Gasteiger partial charge in [0.05, 0.1) is 18.1 Å². The van der Waals surface area contributed by atoms with Crippen molar-refractivity contribution in [2.75, 3.05) is 31.0 Å². The Morgan fingerprint density at radius 1 is 1.12 bits per heavy atom. The van der Waals surface area contributed by atoms with Crippen molar-refractivity contribution in [3.8, 4) is 0 Å². The summed E-state index contributed by atoms with van der Waals surface area (Å²) in [5.41, 5.74) is 1.05. The molecule has 1 saturated heterocycles. The molecule has 0 saturated carbocycles. The number of halogens is 1. The third kappa shape index (κ3) is 4.03. The Hall–Kier alpha value is -2.45. The molecule has 0 aliphatic carbocycles. The van der Waals surface area contributed by atoms with Gasteiger partial charge in [0.25, 0.3) is 15.9 Å². The van der Waals surface area contributed by atoms with Gasteiger partial charge in [-0.1, -0.05) is 0 Å². The molecule has 2 aromatic rings. The second-order valence-corrected chi connectivity index (χ2v) is 7.68. The fourth-order valence-electron chi connectivity index (χ4n) is 2.63. The second-order valence-electron chi connectivity index (χ2n) is 6.00. The van der Waals surface area contributed by atoms with Crippen molar-refractivity contribution in [2.45, 2.75) is 11.8 Å². The van der Waals surface area contributed by atoms with Gasteiger partial charge in [0, 0.05) is 24.3 Å². The fraction of sp³-hybridized carbons (Fsp3) is 0.278. The second kappa shape index (κ2) is 7.43. The molecular formula is C18H19FN2O4S. The van der Waals surface area contributed by atoms with E-state index in [4.69, 9.17) is 4.74 Å². The first kappa shape index (κ1) is 18.3. The number of aryl methyl sites for hydroxylation is 1. The van der Waals surface area contributed by atoms with Gasteiger partial charge in [-0.2, -0.15) is 0 Å². The zero-order valence-corrected chi connectivity index (χ0v) is 15.1. The average molecular weight is 378 g/mol. The van der Waals surface area contributed by atoms with Crippen LogP contribution >= 0.6 is 0 Å². The zero-order valence-electron chi connectivity index (χ0n) is 14.2. The van der Waals surface area contributed by atoms with E-state index in [-0.39, 0.29) is 16.4 Å². The van der Waals surface area contributed by atoms with Gasteiger partial charge in [0.1, 0.15) is 5.82 Å². The molecule has 1 amide bonds. The SMILES string of the molecule is Cc1cc(S(=O)(=O)Nc2ccc(C(=O)N3CCOCC3)cc2)ccc1F. The number of carbonyl (C=O) groups is 1. The number of rotatable bonds is 4. The van der Waals surface area contributed by atoms with E-state index in [9.17, 15) is 17.6 Å². The number of morpholine rings is 1. The summed E-state index contributed by atoms with van der Waals surface area (Å²) >= 11 is 0. The Labute approximate surface area is 151 Å². The van der Waals surface area contributed by atoms with Crippen molar-refractivity contribution in [2.24, 2.45) is 0 Å². The molecule has 1 aliphatic heterocycles. The Balaban J connectivity index is 1.74. The summed E-state index contributed by atoms with van der Waals surface area (Å²) in [7, 11) is -3.83. The lowest BCUT2D eigenvalue weighted by molar-refractivity contribution is 0.0303. The van der Waals surface area contributed by atoms with E-state index in [0.717, 1.165) is 6.07 Å². The maximum Gasteiger partial charge on any atom is 0.261 e. The van der Waals surface area contributed by atoms with Crippen LogP contribution in [0.5, 0.6) is 0 Å². The van der Waals surface area contributed by atoms with Crippen LogP contribution in [0.4, 0.5) is 10.1 Å². The standard InChI is InChI=1S/C18H19FN2O4S/c1-13-12-16(6-7-17(13)19)26(23,24)20-15-4-2-14(3-5-15)18(22)21-8-10-25-11-9-21/h2-7,12,20H,8-11H2,1H3. The lowest BCUT2D eigenvalue weighted by atomic mass is 10.2. The summed E-state index contributed by atoms with van der Waals surface area (Å²) in [5.74, 6) is -0.577. The van der Waals surface area contributed by atoms with Gasteiger partial charge in [0.15, 0.2) is 0 Å². The van der Waals surface area contributed by atoms with Crippen LogP contribution < -0.4 is 4.72 Å². The number of hydrogen-bond acceptors (Lipinski definition) is 4. The summed E-state index contributed by atoms with van der Waals surface area (Å²) < 4.78 is 45.8. The number of amides is 1. The number of carbonyl (C=O) groups excluding carboxylic acids is 1. The number of nitrogens with one attached hydrogen (secondary N) is 1. The third-order valence-electron chi connectivity index (χ3n) is 4.12. The number of sulfonamides is 1. The molecule has 0 spiro atoms. The predicted octanol–water partition coefficient (Wildman–Crippen LogP) is 2.41. The smallest absolute Gasteiger partial charge is 0.261 e. The van der Waals surface area contributed by atoms with Crippen LogP contribution in [0.15, 0.2) is 47.4 Å². The van der Waals surface area contributed by atoms with Crippen molar-refractivity contribution >= 4 is 21.6 Å². The Morgan fingerprint density at radius 3 is 2.38 bits per heavy atom. The molecule has 1 N–H and O–H groups in total. The largest absolute Gasteiger partial charge is 0.378 e. The topological polar surface area (TPSA) is 75.7 Å². The first-order valence-corrected chi connectivity index (χ1v) is 9.61. The van der Waals surface area contributed by atoms with Crippen molar-refractivity contribution in [1.82, 2.24) is 4.90 Å². The van der Waals surface area contributed by atoms with Crippen LogP contribution in [0.2, 0.25) is 0 Å². The number of nitrogens with zero attached hydrogens (tertiary/aromatic N) is 1. The molecule has 6 nitrogen and oxygen atoms in total. The molecular weight excluding hydrogens is 359 g/mol. The van der Waals surface area contributed by atoms with Gasteiger partial charge in [-0.05, 0) is 55.0 Å². The van der Waals surface area contributed by atoms with Crippen LogP contribution in [0.3, 0.4) is 0 Å². The van der Waals surface area contributed by atoms with Crippen LogP contribution in [0.25, 0.3) is 0 Å². The Morgan fingerprint density at radius 2 is 1.77 bits per heavy atom. The number of hydrogen-bond donors (Lipinski definition) is 1. The minimum Gasteiger partial charge on any atom is -0.378 e. The van der Waals surface area contributed by atoms with Crippen LogP contribution in [0, 0.1) is 12.7 Å². The normalized spacial score (nSPS) is 14.9. The molecule has 1 fully saturated rings. The van der Waals surface area contributed by atoms with Crippen molar-refractivity contribution < 1.29 is 22.3 Å². The molecule has 0 aromatic heterocycles. The highest BCUT2D eigenvalue weighted by atomic mass is 32.2. The molecule has 2 aromatic carbocycles. The summed E-state index contributed by atoms with van der Waals surface area (Å²) in [6.45, 7) is 3.61. The van der Waals surface area contributed by atoms with Gasteiger partial charge in [0.2, 0.25) is 0 Å². The lowest BCUT2D eigenvalue weighted by Gasteiger charge is -2.26. The number of anilines is 1. The summed E-state index contributed by atoms with van der Waals surface area (Å²) in [5, 5.41) is 0. The quantitative estimate of drug-likeness (QED) is 0.887. The molecule has 0 unspecified atom stereocenters. The van der Waals surface area contributed by atoms with Gasteiger partial charge in [-0.15, -0.1) is 0 Å². The Kier molecular flexibility index (Phi) is 5.24. The number of benzene rings is 2. The maximum absolute atomic E-state index is 13.3. The highest BCUT2D eigenvalue weighted by Crippen LogP contribution is 2.19. The summed E-state index contributed by atoms with van der Waals surface area (Å²) in [6.07, 6.45) is 0. The highest BCUT2D eigenvalue weighted by molar-refractivity contribution is 7.92. The summed E-state index contributed by atoms with van der Waals surface area (Å²) in [4.78, 5) is 14.1. The molecule has 0 radical (unpaired) electrons. The minimum absolute atomic E-state index is 0.0233. The van der Waals surface area contributed by atoms with E-state index in [2.05, 4.69) is 4.72 Å². The van der Waals surface area contributed by atoms with Crippen molar-refractivity contribution in [1.29, 1.82) is 0 Å². The fourth-order valence-corrected chi connectivity index (χ4v) is 3.77. The van der Waals surface area contributed by atoms with E-state index >= 15 is 0 Å². The predicted molar refractivity (Wildman–Crippen MR) is 95.1 cm³/mol. The van der Waals surface area contributed by atoms with Crippen LogP contribution in [-0.4, -0.2) is 45.5 Å². The maximum atomic E-state index is 13.3. The van der Waals surface area contributed by atoms with Crippen LogP contribution in [0.1, 0.15) is 15.9 Å². The zero-order chi connectivity index (χ0) is 18.7. The van der Waals surface area contributed by atoms with Gasteiger partial charge >= 0.3 is 0 Å². The molecule has 1 aliphatic rings. The summed E-state index contributed by atoms with van der Waals surface area (Å²) in [6, 6.07) is 9.81. The monoisotopic (exact) mass is 378 g/mol. The van der Waals surface area contributed by atoms with E-state index in [1.54, 1.807) is 17.0 Å². The number of ether oxygens (including phenoxy) is 1. The molecule has 0 atom stereocenters. The van der Waals surface area contributed by atoms with Crippen LogP contribution in [-0.2, 0) is 14.8 Å². The minimum atomic E-state index is -3.83. The van der Waals surface area contributed by atoms with Gasteiger partial charge < -0.3 is 9.64 Å². The molecule has 1 heterocycles. The van der Waals surface area contributed by atoms with Gasteiger partial charge in [-0.25, -0.2) is 12.8 Å². The molecule has 26 heavy (non-hydrogen) atoms. The van der Waals surface area contributed by atoms with E-state index in [1.807, 2.05) is 0 Å². The lowest BCUT2D eigenvalue weighted by Crippen LogP contribution is -2.40. The highest BCUT2D eigenvalue weighted by Gasteiger charge is 2.19. The Bertz CT molecular complexity index is 907. The molecule has 0 bridgehead atoms. The van der Waals surface area contributed by atoms with Crippen molar-refractivity contribution in [3.63, 3.8) is 0 Å². The van der Waals surface area contributed by atoms with E-state index in [0.29, 0.717) is 37.6 Å². The average Bonchev–Trinajstić information content (AvgIpc) is 2.64. The molecule has 8 heteroatoms. The van der Waals surface area contributed by atoms with Crippen molar-refractivity contribution in [3.05, 3.63) is 59.4 Å². The first-order chi connectivity index (χ1) is 12.4. The van der Waals surface area contributed by atoms with E-state index in [1.165, 1.54) is 31.2 Å². The third-order valence-corrected chi connectivity index (χ3v) is 5.50. The first-order valence-electron chi connectivity index (χ1n) is 8.13. The molecule has 3 rings (SSSR count).